The van der Waals surface area contributed by atoms with E-state index in [1.54, 1.807) is 0 Å². The number of hydrogen-bond acceptors (Lipinski definition) is 3. The first-order valence-corrected chi connectivity index (χ1v) is 6.66. The number of rotatable bonds is 7. The number of nitrogens with one attached hydrogen (secondary N) is 2. The van der Waals surface area contributed by atoms with E-state index in [0.29, 0.717) is 6.54 Å². The normalized spacial score (nSPS) is 10.2. The van der Waals surface area contributed by atoms with E-state index in [1.165, 1.54) is 0 Å². The van der Waals surface area contributed by atoms with Gasteiger partial charge in [-0.2, -0.15) is 0 Å². The Morgan fingerprint density at radius 2 is 1.90 bits per heavy atom. The molecule has 0 bridgehead atoms. The van der Waals surface area contributed by atoms with Gasteiger partial charge in [0, 0.05) is 25.1 Å². The molecule has 0 aliphatic rings. The summed E-state index contributed by atoms with van der Waals surface area (Å²) in [6, 6.07) is 2.12. The van der Waals surface area contributed by atoms with Gasteiger partial charge in [0.15, 0.2) is 0 Å². The van der Waals surface area contributed by atoms with Crippen LogP contribution in [0.3, 0.4) is 0 Å². The first kappa shape index (κ1) is 16.3. The molecule has 4 N–H and O–H groups in total. The first-order chi connectivity index (χ1) is 9.45. The van der Waals surface area contributed by atoms with E-state index in [9.17, 15) is 13.6 Å². The van der Waals surface area contributed by atoms with Crippen LogP contribution < -0.4 is 16.4 Å². The Bertz CT molecular complexity index is 485. The van der Waals surface area contributed by atoms with Gasteiger partial charge in [-0.25, -0.2) is 8.78 Å². The Hall–Kier alpha value is -1.76. The fraction of sp³-hybridized carbons (Fsp3) is 0.385. The standard InChI is InChI=1S/C13H17F2N3OS/c1-2-4-17-11(19)3-5-18-12-9(14)6-8(13(16)20)7-10(12)15/h6-7,18H,2-5H2,1H3,(H2,16,20)(H,17,19). The molecule has 0 aliphatic heterocycles. The van der Waals surface area contributed by atoms with E-state index in [2.05, 4.69) is 22.9 Å². The van der Waals surface area contributed by atoms with Gasteiger partial charge in [0.1, 0.15) is 22.3 Å². The maximum atomic E-state index is 13.7. The second-order valence-corrected chi connectivity index (χ2v) is 4.65. The molecule has 110 valence electrons. The number of anilines is 1. The monoisotopic (exact) mass is 301 g/mol. The average molecular weight is 301 g/mol. The molecule has 7 heteroatoms. The molecule has 0 atom stereocenters. The third kappa shape index (κ3) is 4.73. The zero-order valence-corrected chi connectivity index (χ0v) is 11.9. The topological polar surface area (TPSA) is 67.2 Å². The summed E-state index contributed by atoms with van der Waals surface area (Å²) >= 11 is 4.66. The lowest BCUT2D eigenvalue weighted by atomic mass is 10.2. The molecule has 0 aromatic heterocycles. The Balaban J connectivity index is 2.60. The largest absolute Gasteiger partial charge is 0.389 e. The van der Waals surface area contributed by atoms with Crippen molar-refractivity contribution in [1.29, 1.82) is 0 Å². The Morgan fingerprint density at radius 3 is 2.40 bits per heavy atom. The third-order valence-corrected chi connectivity index (χ3v) is 2.79. The highest BCUT2D eigenvalue weighted by Crippen LogP contribution is 2.20. The number of nitrogens with two attached hydrogens (primary N) is 1. The second-order valence-electron chi connectivity index (χ2n) is 4.21. The minimum Gasteiger partial charge on any atom is -0.389 e. The number of carbonyl (C=O) groups excluding carboxylic acids is 1. The molecule has 1 aromatic rings. The van der Waals surface area contributed by atoms with Crippen LogP contribution in [0, 0.1) is 11.6 Å². The molecule has 1 aromatic carbocycles. The number of halogens is 2. The van der Waals surface area contributed by atoms with Crippen LogP contribution in [-0.4, -0.2) is 24.0 Å². The van der Waals surface area contributed by atoms with Crippen molar-refractivity contribution < 1.29 is 13.6 Å². The summed E-state index contributed by atoms with van der Waals surface area (Å²) < 4.78 is 27.4. The fourth-order valence-corrected chi connectivity index (χ4v) is 1.66. The Kier molecular flexibility index (Phi) is 6.30. The van der Waals surface area contributed by atoms with Gasteiger partial charge in [-0.05, 0) is 18.6 Å². The van der Waals surface area contributed by atoms with Gasteiger partial charge in [-0.15, -0.1) is 0 Å². The first-order valence-electron chi connectivity index (χ1n) is 6.25. The van der Waals surface area contributed by atoms with Crippen molar-refractivity contribution >= 4 is 28.8 Å². The lowest BCUT2D eigenvalue weighted by Gasteiger charge is -2.10. The molecular formula is C13H17F2N3OS. The van der Waals surface area contributed by atoms with Gasteiger partial charge in [-0.1, -0.05) is 19.1 Å². The minimum atomic E-state index is -0.790. The predicted molar refractivity (Wildman–Crippen MR) is 78.7 cm³/mol. The Morgan fingerprint density at radius 1 is 1.30 bits per heavy atom. The van der Waals surface area contributed by atoms with Crippen molar-refractivity contribution in [3.05, 3.63) is 29.3 Å². The van der Waals surface area contributed by atoms with E-state index in [4.69, 9.17) is 5.73 Å². The molecule has 0 saturated heterocycles. The van der Waals surface area contributed by atoms with Gasteiger partial charge in [0.2, 0.25) is 5.91 Å². The van der Waals surface area contributed by atoms with Crippen molar-refractivity contribution in [2.45, 2.75) is 19.8 Å². The smallest absolute Gasteiger partial charge is 0.221 e. The summed E-state index contributed by atoms with van der Waals surface area (Å²) in [5, 5.41) is 5.23. The zero-order valence-electron chi connectivity index (χ0n) is 11.1. The van der Waals surface area contributed by atoms with Crippen LogP contribution in [-0.2, 0) is 4.79 Å². The van der Waals surface area contributed by atoms with Crippen LogP contribution >= 0.6 is 12.2 Å². The summed E-state index contributed by atoms with van der Waals surface area (Å²) in [6.07, 6.45) is 0.971. The molecular weight excluding hydrogens is 284 g/mol. The maximum absolute atomic E-state index is 13.7. The van der Waals surface area contributed by atoms with E-state index in [1.807, 2.05) is 6.92 Å². The summed E-state index contributed by atoms with van der Waals surface area (Å²) in [5.74, 6) is -1.75. The average Bonchev–Trinajstić information content (AvgIpc) is 2.39. The van der Waals surface area contributed by atoms with E-state index in [0.717, 1.165) is 18.6 Å². The van der Waals surface area contributed by atoms with E-state index in [-0.39, 0.29) is 35.1 Å². The van der Waals surface area contributed by atoms with Crippen molar-refractivity contribution in [3.8, 4) is 0 Å². The van der Waals surface area contributed by atoms with Crippen LogP contribution in [0.2, 0.25) is 0 Å². The predicted octanol–water partition coefficient (Wildman–Crippen LogP) is 1.93. The summed E-state index contributed by atoms with van der Waals surface area (Å²) in [7, 11) is 0. The molecule has 0 unspecified atom stereocenters. The quantitative estimate of drug-likeness (QED) is 0.673. The summed E-state index contributed by atoms with van der Waals surface area (Å²) in [4.78, 5) is 11.3. The van der Waals surface area contributed by atoms with Crippen LogP contribution in [0.25, 0.3) is 0 Å². The summed E-state index contributed by atoms with van der Waals surface area (Å²) in [5.41, 5.74) is 5.15. The number of thiocarbonyl (C=S) groups is 1. The van der Waals surface area contributed by atoms with E-state index >= 15 is 0 Å². The number of hydrogen-bond donors (Lipinski definition) is 3. The highest BCUT2D eigenvalue weighted by atomic mass is 32.1. The van der Waals surface area contributed by atoms with Crippen molar-refractivity contribution in [2.75, 3.05) is 18.4 Å². The summed E-state index contributed by atoms with van der Waals surface area (Å²) in [6.45, 7) is 2.66. The van der Waals surface area contributed by atoms with Gasteiger partial charge in [0.05, 0.1) is 0 Å². The lowest BCUT2D eigenvalue weighted by molar-refractivity contribution is -0.120. The van der Waals surface area contributed by atoms with Crippen molar-refractivity contribution in [2.24, 2.45) is 5.73 Å². The van der Waals surface area contributed by atoms with Crippen molar-refractivity contribution in [3.63, 3.8) is 0 Å². The fourth-order valence-electron chi connectivity index (χ4n) is 1.54. The third-order valence-electron chi connectivity index (χ3n) is 2.55. The van der Waals surface area contributed by atoms with Gasteiger partial charge < -0.3 is 16.4 Å². The van der Waals surface area contributed by atoms with Crippen molar-refractivity contribution in [1.82, 2.24) is 5.32 Å². The molecule has 1 rings (SSSR count). The van der Waals surface area contributed by atoms with Crippen LogP contribution in [0.15, 0.2) is 12.1 Å². The maximum Gasteiger partial charge on any atom is 0.221 e. The highest BCUT2D eigenvalue weighted by molar-refractivity contribution is 7.80. The number of amides is 1. The number of carbonyl (C=O) groups is 1. The van der Waals surface area contributed by atoms with Gasteiger partial charge >= 0.3 is 0 Å². The molecule has 0 radical (unpaired) electrons. The molecule has 0 saturated carbocycles. The molecule has 4 nitrogen and oxygen atoms in total. The SMILES string of the molecule is CCCNC(=O)CCNc1c(F)cc(C(N)=S)cc1F. The molecule has 20 heavy (non-hydrogen) atoms. The van der Waals surface area contributed by atoms with Gasteiger partial charge in [0.25, 0.3) is 0 Å². The minimum absolute atomic E-state index is 0.0757. The molecule has 0 spiro atoms. The lowest BCUT2D eigenvalue weighted by Crippen LogP contribution is -2.26. The van der Waals surface area contributed by atoms with Crippen LogP contribution in [0.4, 0.5) is 14.5 Å². The number of benzene rings is 1. The molecule has 0 aliphatic carbocycles. The highest BCUT2D eigenvalue weighted by Gasteiger charge is 2.12. The van der Waals surface area contributed by atoms with Gasteiger partial charge in [-0.3, -0.25) is 4.79 Å². The zero-order chi connectivity index (χ0) is 15.1. The van der Waals surface area contributed by atoms with Crippen LogP contribution in [0.5, 0.6) is 0 Å². The van der Waals surface area contributed by atoms with E-state index < -0.39 is 11.6 Å². The molecule has 0 heterocycles. The molecule has 0 fully saturated rings. The second kappa shape index (κ2) is 7.74. The van der Waals surface area contributed by atoms with Crippen LogP contribution in [0.1, 0.15) is 25.3 Å². The molecule has 1 amide bonds. The Labute approximate surface area is 121 Å².